The van der Waals surface area contributed by atoms with E-state index < -0.39 is 0 Å². The molecule has 7 rings (SSSR count). The number of aromatic nitrogens is 4. The van der Waals surface area contributed by atoms with Gasteiger partial charge in [-0.25, -0.2) is 15.0 Å². The minimum absolute atomic E-state index is 0.0490. The number of ether oxygens (including phenoxy) is 1. The van der Waals surface area contributed by atoms with Gasteiger partial charge < -0.3 is 25.7 Å². The fourth-order valence-electron chi connectivity index (χ4n) is 5.78. The van der Waals surface area contributed by atoms with Crippen LogP contribution in [0.4, 0.5) is 11.4 Å². The van der Waals surface area contributed by atoms with Crippen LogP contribution in [-0.4, -0.2) is 58.4 Å². The number of rotatable bonds is 7. The van der Waals surface area contributed by atoms with Gasteiger partial charge in [0.2, 0.25) is 5.91 Å². The Morgan fingerprint density at radius 3 is 2.74 bits per heavy atom. The van der Waals surface area contributed by atoms with Gasteiger partial charge in [0.05, 0.1) is 24.0 Å². The fourth-order valence-corrected chi connectivity index (χ4v) is 5.78. The van der Waals surface area contributed by atoms with E-state index in [1.54, 1.807) is 13.3 Å². The maximum Gasteiger partial charge on any atom is 0.224 e. The summed E-state index contributed by atoms with van der Waals surface area (Å²) in [6.45, 7) is 2.37. The lowest BCUT2D eigenvalue weighted by atomic mass is 9.94. The van der Waals surface area contributed by atoms with Gasteiger partial charge in [-0.15, -0.1) is 0 Å². The third kappa shape index (κ3) is 5.56. The Hall–Kier alpha value is -5.09. The van der Waals surface area contributed by atoms with Gasteiger partial charge in [-0.3, -0.25) is 9.79 Å². The smallest absolute Gasteiger partial charge is 0.224 e. The molecule has 10 heteroatoms. The second kappa shape index (κ2) is 11.7. The van der Waals surface area contributed by atoms with Crippen LogP contribution in [0.1, 0.15) is 30.8 Å². The van der Waals surface area contributed by atoms with Crippen molar-refractivity contribution in [1.82, 2.24) is 25.3 Å². The van der Waals surface area contributed by atoms with Crippen LogP contribution in [0.2, 0.25) is 0 Å². The van der Waals surface area contributed by atoms with Crippen LogP contribution < -0.4 is 20.7 Å². The Kier molecular flexibility index (Phi) is 7.26. The van der Waals surface area contributed by atoms with E-state index in [1.807, 2.05) is 66.7 Å². The zero-order valence-electron chi connectivity index (χ0n) is 23.9. The highest BCUT2D eigenvalue weighted by molar-refractivity contribution is 6.15. The molecule has 0 unspecified atom stereocenters. The first kappa shape index (κ1) is 26.8. The number of piperidine rings is 1. The molecule has 0 bridgehead atoms. The summed E-state index contributed by atoms with van der Waals surface area (Å²) in [5.74, 6) is 1.86. The number of methoxy groups -OCH3 is 1. The quantitative estimate of drug-likeness (QED) is 0.210. The molecule has 0 radical (unpaired) electrons. The van der Waals surface area contributed by atoms with Crippen molar-refractivity contribution >= 4 is 34.2 Å². The third-order valence-electron chi connectivity index (χ3n) is 8.00. The van der Waals surface area contributed by atoms with E-state index in [-0.39, 0.29) is 5.91 Å². The molecule has 1 amide bonds. The normalized spacial score (nSPS) is 15.0. The van der Waals surface area contributed by atoms with E-state index in [0.29, 0.717) is 41.9 Å². The van der Waals surface area contributed by atoms with Crippen molar-refractivity contribution in [3.05, 3.63) is 84.4 Å². The summed E-state index contributed by atoms with van der Waals surface area (Å²) in [5, 5.41) is 9.76. The van der Waals surface area contributed by atoms with Gasteiger partial charge in [0.1, 0.15) is 23.8 Å². The van der Waals surface area contributed by atoms with E-state index >= 15 is 0 Å². The van der Waals surface area contributed by atoms with Crippen LogP contribution in [0, 0.1) is 5.92 Å². The molecule has 3 aromatic heterocycles. The zero-order valence-corrected chi connectivity index (χ0v) is 23.9. The number of fused-ring (bicyclic) bond motifs is 2. The molecule has 43 heavy (non-hydrogen) atoms. The SMILES string of the molecule is COc1cccc(-c2ccnc3nc(C4=NCNc5ccc(-c6cccc(NC(=O)CC7CCNCC7)c6)nc54)[nH]c23)c1. The van der Waals surface area contributed by atoms with Crippen LogP contribution >= 0.6 is 0 Å². The van der Waals surface area contributed by atoms with Crippen molar-refractivity contribution in [2.75, 3.05) is 37.5 Å². The van der Waals surface area contributed by atoms with E-state index in [2.05, 4.69) is 25.9 Å². The average molecular weight is 573 g/mol. The van der Waals surface area contributed by atoms with Gasteiger partial charge in [-0.2, -0.15) is 0 Å². The lowest BCUT2D eigenvalue weighted by Crippen LogP contribution is -2.30. The average Bonchev–Trinajstić information content (AvgIpc) is 3.49. The minimum Gasteiger partial charge on any atom is -0.497 e. The number of amides is 1. The molecule has 5 aromatic rings. The number of carbonyl (C=O) groups is 1. The van der Waals surface area contributed by atoms with Crippen molar-refractivity contribution in [3.8, 4) is 28.1 Å². The Labute approximate surface area is 249 Å². The summed E-state index contributed by atoms with van der Waals surface area (Å²) in [6.07, 6.45) is 4.37. The van der Waals surface area contributed by atoms with Gasteiger partial charge in [0.15, 0.2) is 11.5 Å². The summed E-state index contributed by atoms with van der Waals surface area (Å²) in [6, 6.07) is 21.7. The summed E-state index contributed by atoms with van der Waals surface area (Å²) < 4.78 is 5.43. The van der Waals surface area contributed by atoms with Gasteiger partial charge >= 0.3 is 0 Å². The number of H-pyrrole nitrogens is 1. The van der Waals surface area contributed by atoms with Gasteiger partial charge in [-0.05, 0) is 79.9 Å². The maximum absolute atomic E-state index is 12.7. The Morgan fingerprint density at radius 2 is 1.86 bits per heavy atom. The predicted molar refractivity (Wildman–Crippen MR) is 169 cm³/mol. The molecule has 2 aliphatic rings. The summed E-state index contributed by atoms with van der Waals surface area (Å²) in [4.78, 5) is 35.3. The van der Waals surface area contributed by atoms with Crippen molar-refractivity contribution in [3.63, 3.8) is 0 Å². The molecule has 2 aliphatic heterocycles. The summed E-state index contributed by atoms with van der Waals surface area (Å²) in [5.41, 5.74) is 8.06. The van der Waals surface area contributed by atoms with Crippen molar-refractivity contribution in [2.24, 2.45) is 10.9 Å². The Bertz CT molecular complexity index is 1840. The van der Waals surface area contributed by atoms with Crippen molar-refractivity contribution < 1.29 is 9.53 Å². The number of nitrogens with zero attached hydrogens (tertiary/aromatic N) is 4. The minimum atomic E-state index is 0.0490. The maximum atomic E-state index is 12.7. The van der Waals surface area contributed by atoms with Crippen LogP contribution in [0.25, 0.3) is 33.5 Å². The number of pyridine rings is 2. The lowest BCUT2D eigenvalue weighted by molar-refractivity contribution is -0.117. The second-order valence-electron chi connectivity index (χ2n) is 10.8. The number of anilines is 2. The highest BCUT2D eigenvalue weighted by Crippen LogP contribution is 2.31. The second-order valence-corrected chi connectivity index (χ2v) is 10.8. The van der Waals surface area contributed by atoms with Gasteiger partial charge in [-0.1, -0.05) is 24.3 Å². The molecule has 0 aliphatic carbocycles. The Balaban J connectivity index is 1.18. The molecule has 5 heterocycles. The molecule has 0 atom stereocenters. The van der Waals surface area contributed by atoms with Gasteiger partial charge in [0, 0.05) is 29.4 Å². The zero-order chi connectivity index (χ0) is 29.2. The van der Waals surface area contributed by atoms with Crippen LogP contribution in [0.5, 0.6) is 5.75 Å². The van der Waals surface area contributed by atoms with E-state index in [4.69, 9.17) is 19.7 Å². The topological polar surface area (TPSA) is 129 Å². The standard InChI is InChI=1S/C33H32N8O2/c1-43-24-7-3-4-21(18-24)25-12-15-35-32-29(25)40-33(41-32)31-30-27(36-19-37-31)9-8-26(39-30)22-5-2-6-23(17-22)38-28(42)16-20-10-13-34-14-11-20/h2-9,12,15,17-18,20,34,36H,10-11,13-14,16,19H2,1H3,(H,38,42)(H,35,40,41). The Morgan fingerprint density at radius 1 is 1.00 bits per heavy atom. The van der Waals surface area contributed by atoms with E-state index in [9.17, 15) is 4.79 Å². The van der Waals surface area contributed by atoms with E-state index in [0.717, 1.165) is 71.0 Å². The highest BCUT2D eigenvalue weighted by Gasteiger charge is 2.23. The van der Waals surface area contributed by atoms with E-state index in [1.165, 1.54) is 0 Å². The van der Waals surface area contributed by atoms with Crippen LogP contribution in [0.3, 0.4) is 0 Å². The predicted octanol–water partition coefficient (Wildman–Crippen LogP) is 5.24. The molecular weight excluding hydrogens is 540 g/mol. The lowest BCUT2D eigenvalue weighted by Gasteiger charge is -2.22. The molecular formula is C33H32N8O2. The van der Waals surface area contributed by atoms with Crippen molar-refractivity contribution in [1.29, 1.82) is 0 Å². The van der Waals surface area contributed by atoms with Crippen LogP contribution in [-0.2, 0) is 4.79 Å². The fraction of sp³-hybridized carbons (Fsp3) is 0.242. The molecule has 216 valence electrons. The molecule has 0 spiro atoms. The number of hydrogen-bond acceptors (Lipinski definition) is 8. The molecule has 2 aromatic carbocycles. The molecule has 1 saturated heterocycles. The van der Waals surface area contributed by atoms with Crippen LogP contribution in [0.15, 0.2) is 77.9 Å². The monoisotopic (exact) mass is 572 g/mol. The first-order valence-electron chi connectivity index (χ1n) is 14.5. The van der Waals surface area contributed by atoms with Gasteiger partial charge in [0.25, 0.3) is 0 Å². The third-order valence-corrected chi connectivity index (χ3v) is 8.00. The van der Waals surface area contributed by atoms with Crippen molar-refractivity contribution in [2.45, 2.75) is 19.3 Å². The molecule has 4 N–H and O–H groups in total. The first-order valence-corrected chi connectivity index (χ1v) is 14.5. The first-order chi connectivity index (χ1) is 21.1. The molecule has 1 fully saturated rings. The number of imidazole rings is 1. The molecule has 0 saturated carbocycles. The summed E-state index contributed by atoms with van der Waals surface area (Å²) >= 11 is 0. The number of nitrogens with one attached hydrogen (secondary N) is 4. The number of benzene rings is 2. The number of aliphatic imine (C=N–C) groups is 1. The summed E-state index contributed by atoms with van der Waals surface area (Å²) in [7, 11) is 1.66. The number of aromatic amines is 1. The molecule has 10 nitrogen and oxygen atoms in total. The number of carbonyl (C=O) groups excluding carboxylic acids is 1. The number of hydrogen-bond donors (Lipinski definition) is 4. The highest BCUT2D eigenvalue weighted by atomic mass is 16.5. The largest absolute Gasteiger partial charge is 0.497 e.